The summed E-state index contributed by atoms with van der Waals surface area (Å²) >= 11 is 0. The van der Waals surface area contributed by atoms with Crippen LogP contribution in [0.5, 0.6) is 11.5 Å². The number of halogens is 1. The highest BCUT2D eigenvalue weighted by molar-refractivity contribution is 5.76. The number of carbonyl (C=O) groups excluding carboxylic acids is 1. The molecule has 1 amide bonds. The number of hydrogen-bond donors (Lipinski definition) is 1. The fourth-order valence-corrected chi connectivity index (χ4v) is 2.85. The van der Waals surface area contributed by atoms with Crippen LogP contribution in [0.15, 0.2) is 42.7 Å². The average Bonchev–Trinajstić information content (AvgIpc) is 3.07. The van der Waals surface area contributed by atoms with Gasteiger partial charge in [-0.05, 0) is 36.2 Å². The van der Waals surface area contributed by atoms with Crippen molar-refractivity contribution in [1.82, 2.24) is 14.7 Å². The molecule has 0 aliphatic rings. The molecule has 0 bridgehead atoms. The maximum atomic E-state index is 13.2. The Morgan fingerprint density at radius 3 is 2.70 bits per heavy atom. The first-order chi connectivity index (χ1) is 13.1. The highest BCUT2D eigenvalue weighted by Gasteiger charge is 2.08. The van der Waals surface area contributed by atoms with Gasteiger partial charge in [-0.3, -0.25) is 4.79 Å². The molecule has 0 fully saturated rings. The first-order valence-electron chi connectivity index (χ1n) is 8.70. The van der Waals surface area contributed by atoms with Gasteiger partial charge in [0.05, 0.1) is 19.9 Å². The largest absolute Gasteiger partial charge is 0.493 e. The highest BCUT2D eigenvalue weighted by atomic mass is 19.1. The van der Waals surface area contributed by atoms with Crippen LogP contribution in [0.4, 0.5) is 4.39 Å². The molecule has 1 aromatic carbocycles. The van der Waals surface area contributed by atoms with Crippen LogP contribution in [0, 0.1) is 5.82 Å². The summed E-state index contributed by atoms with van der Waals surface area (Å²) in [7, 11) is 3.17. The molecule has 2 heterocycles. The van der Waals surface area contributed by atoms with Crippen molar-refractivity contribution in [2.45, 2.75) is 19.3 Å². The molecule has 7 heteroatoms. The van der Waals surface area contributed by atoms with E-state index in [1.807, 2.05) is 18.2 Å². The van der Waals surface area contributed by atoms with E-state index in [1.165, 1.54) is 12.3 Å². The summed E-state index contributed by atoms with van der Waals surface area (Å²) in [5.41, 5.74) is 2.50. The third-order valence-corrected chi connectivity index (χ3v) is 4.26. The van der Waals surface area contributed by atoms with Crippen molar-refractivity contribution < 1.29 is 18.7 Å². The van der Waals surface area contributed by atoms with Crippen LogP contribution in [-0.2, 0) is 17.6 Å². The number of hydrogen-bond acceptors (Lipinski definition) is 4. The molecular formula is C20H22FN3O3. The molecule has 27 heavy (non-hydrogen) atoms. The van der Waals surface area contributed by atoms with Gasteiger partial charge in [0.15, 0.2) is 11.5 Å². The third-order valence-electron chi connectivity index (χ3n) is 4.26. The molecule has 0 aliphatic heterocycles. The highest BCUT2D eigenvalue weighted by Crippen LogP contribution is 2.27. The number of fused-ring (bicyclic) bond motifs is 1. The van der Waals surface area contributed by atoms with Gasteiger partial charge in [0, 0.05) is 31.8 Å². The SMILES string of the molecule is COc1ccc(CCC(=O)NCCc2cn3cc(F)ccc3n2)cc1OC. The molecule has 0 aliphatic carbocycles. The van der Waals surface area contributed by atoms with Crippen LogP contribution < -0.4 is 14.8 Å². The monoisotopic (exact) mass is 371 g/mol. The van der Waals surface area contributed by atoms with E-state index in [0.717, 1.165) is 11.3 Å². The van der Waals surface area contributed by atoms with E-state index in [1.54, 1.807) is 30.9 Å². The van der Waals surface area contributed by atoms with Crippen LogP contribution in [0.1, 0.15) is 17.7 Å². The molecule has 1 N–H and O–H groups in total. The smallest absolute Gasteiger partial charge is 0.220 e. The average molecular weight is 371 g/mol. The van der Waals surface area contributed by atoms with E-state index >= 15 is 0 Å². The Kier molecular flexibility index (Phi) is 5.90. The van der Waals surface area contributed by atoms with E-state index in [9.17, 15) is 9.18 Å². The van der Waals surface area contributed by atoms with E-state index in [-0.39, 0.29) is 11.7 Å². The molecular weight excluding hydrogens is 349 g/mol. The van der Waals surface area contributed by atoms with Crippen LogP contribution >= 0.6 is 0 Å². The van der Waals surface area contributed by atoms with Crippen molar-refractivity contribution >= 4 is 11.6 Å². The number of nitrogens with zero attached hydrogens (tertiary/aromatic N) is 2. The van der Waals surface area contributed by atoms with Gasteiger partial charge in [-0.2, -0.15) is 0 Å². The summed E-state index contributed by atoms with van der Waals surface area (Å²) in [4.78, 5) is 16.5. The van der Waals surface area contributed by atoms with Crippen molar-refractivity contribution in [3.8, 4) is 11.5 Å². The Bertz CT molecular complexity index is 939. The van der Waals surface area contributed by atoms with Crippen molar-refractivity contribution in [2.75, 3.05) is 20.8 Å². The second-order valence-electron chi connectivity index (χ2n) is 6.13. The number of pyridine rings is 1. The number of aromatic nitrogens is 2. The van der Waals surface area contributed by atoms with E-state index in [2.05, 4.69) is 10.3 Å². The number of carbonyl (C=O) groups is 1. The van der Waals surface area contributed by atoms with Gasteiger partial charge in [-0.15, -0.1) is 0 Å². The Labute approximate surface area is 156 Å². The second-order valence-corrected chi connectivity index (χ2v) is 6.13. The molecule has 0 unspecified atom stereocenters. The molecule has 0 spiro atoms. The number of amides is 1. The molecule has 6 nitrogen and oxygen atoms in total. The zero-order valence-electron chi connectivity index (χ0n) is 15.4. The second kappa shape index (κ2) is 8.53. The summed E-state index contributed by atoms with van der Waals surface area (Å²) in [5.74, 6) is 0.978. The van der Waals surface area contributed by atoms with Gasteiger partial charge in [0.25, 0.3) is 0 Å². The van der Waals surface area contributed by atoms with Crippen LogP contribution in [-0.4, -0.2) is 36.1 Å². The predicted molar refractivity (Wildman–Crippen MR) is 99.7 cm³/mol. The van der Waals surface area contributed by atoms with Crippen LogP contribution in [0.2, 0.25) is 0 Å². The number of rotatable bonds is 8. The number of benzene rings is 1. The standard InChI is InChI=1S/C20H22FN3O3/c1-26-17-6-3-14(11-18(17)27-2)4-8-20(25)22-10-9-16-13-24-12-15(21)5-7-19(24)23-16/h3,5-7,11-13H,4,8-10H2,1-2H3,(H,22,25). The minimum absolute atomic E-state index is 0.0282. The summed E-state index contributed by atoms with van der Waals surface area (Å²) in [5, 5.41) is 2.89. The first kappa shape index (κ1) is 18.7. The third kappa shape index (κ3) is 4.75. The van der Waals surface area contributed by atoms with Crippen molar-refractivity contribution in [3.05, 3.63) is 59.8 Å². The number of aryl methyl sites for hydroxylation is 1. The molecule has 0 saturated carbocycles. The van der Waals surface area contributed by atoms with E-state index in [0.29, 0.717) is 43.0 Å². The number of ether oxygens (including phenoxy) is 2. The molecule has 0 radical (unpaired) electrons. The topological polar surface area (TPSA) is 64.9 Å². The van der Waals surface area contributed by atoms with Gasteiger partial charge in [-0.1, -0.05) is 6.07 Å². The first-order valence-corrected chi connectivity index (χ1v) is 8.70. The van der Waals surface area contributed by atoms with Crippen molar-refractivity contribution in [2.24, 2.45) is 0 Å². The Morgan fingerprint density at radius 2 is 1.93 bits per heavy atom. The van der Waals surface area contributed by atoms with Crippen molar-refractivity contribution in [1.29, 1.82) is 0 Å². The number of methoxy groups -OCH3 is 2. The summed E-state index contributed by atoms with van der Waals surface area (Å²) in [6.45, 7) is 0.483. The Balaban J connectivity index is 1.46. The molecule has 2 aromatic heterocycles. The number of nitrogens with one attached hydrogen (secondary N) is 1. The van der Waals surface area contributed by atoms with Gasteiger partial charge in [0.1, 0.15) is 11.5 Å². The minimum Gasteiger partial charge on any atom is -0.493 e. The minimum atomic E-state index is -0.310. The quantitative estimate of drug-likeness (QED) is 0.661. The van der Waals surface area contributed by atoms with Gasteiger partial charge in [-0.25, -0.2) is 9.37 Å². The maximum Gasteiger partial charge on any atom is 0.220 e. The summed E-state index contributed by atoms with van der Waals surface area (Å²) in [6, 6.07) is 8.63. The lowest BCUT2D eigenvalue weighted by Gasteiger charge is -2.09. The Morgan fingerprint density at radius 1 is 1.11 bits per heavy atom. The van der Waals surface area contributed by atoms with Gasteiger partial charge >= 0.3 is 0 Å². The lowest BCUT2D eigenvalue weighted by atomic mass is 10.1. The fraction of sp³-hybridized carbons (Fsp3) is 0.300. The summed E-state index contributed by atoms with van der Waals surface area (Å²) < 4.78 is 25.3. The van der Waals surface area contributed by atoms with Gasteiger partial charge < -0.3 is 19.2 Å². The van der Waals surface area contributed by atoms with E-state index < -0.39 is 0 Å². The Hall–Kier alpha value is -3.09. The molecule has 3 rings (SSSR count). The normalized spacial score (nSPS) is 10.8. The van der Waals surface area contributed by atoms with Crippen LogP contribution in [0.25, 0.3) is 5.65 Å². The zero-order valence-corrected chi connectivity index (χ0v) is 15.4. The van der Waals surface area contributed by atoms with Gasteiger partial charge in [0.2, 0.25) is 5.91 Å². The predicted octanol–water partition coefficient (Wildman–Crippen LogP) is 2.78. The maximum absolute atomic E-state index is 13.2. The lowest BCUT2D eigenvalue weighted by molar-refractivity contribution is -0.121. The fourth-order valence-electron chi connectivity index (χ4n) is 2.85. The lowest BCUT2D eigenvalue weighted by Crippen LogP contribution is -2.25. The van der Waals surface area contributed by atoms with E-state index in [4.69, 9.17) is 9.47 Å². The molecule has 3 aromatic rings. The summed E-state index contributed by atoms with van der Waals surface area (Å²) in [6.07, 6.45) is 4.73. The molecule has 0 atom stereocenters. The number of imidazole rings is 1. The van der Waals surface area contributed by atoms with Crippen molar-refractivity contribution in [3.63, 3.8) is 0 Å². The molecule has 142 valence electrons. The molecule has 0 saturated heterocycles. The zero-order chi connectivity index (χ0) is 19.2. The van der Waals surface area contributed by atoms with Crippen LogP contribution in [0.3, 0.4) is 0 Å².